The molecule has 1 saturated heterocycles. The lowest BCUT2D eigenvalue weighted by Gasteiger charge is -2.31. The lowest BCUT2D eigenvalue weighted by Crippen LogP contribution is -2.47. The Balaban J connectivity index is 1.68. The van der Waals surface area contributed by atoms with E-state index in [1.807, 2.05) is 35.0 Å². The maximum absolute atomic E-state index is 13.0. The van der Waals surface area contributed by atoms with E-state index < -0.39 is 12.5 Å². The molecule has 1 fully saturated rings. The molecule has 4 heterocycles. The van der Waals surface area contributed by atoms with Crippen molar-refractivity contribution in [2.75, 3.05) is 13.2 Å². The Bertz CT molecular complexity index is 901. The first-order valence-corrected chi connectivity index (χ1v) is 8.20. The van der Waals surface area contributed by atoms with Gasteiger partial charge < -0.3 is 9.14 Å². The molecule has 0 bridgehead atoms. The Morgan fingerprint density at radius 3 is 2.96 bits per heavy atom. The minimum absolute atomic E-state index is 0.00358. The van der Waals surface area contributed by atoms with Crippen molar-refractivity contribution in [3.63, 3.8) is 0 Å². The molecule has 0 radical (unpaired) electrons. The number of hydrogen-bond acceptors (Lipinski definition) is 4. The van der Waals surface area contributed by atoms with Crippen LogP contribution >= 0.6 is 11.6 Å². The van der Waals surface area contributed by atoms with Gasteiger partial charge in [0.15, 0.2) is 0 Å². The molecule has 3 aromatic heterocycles. The monoisotopic (exact) mass is 364 g/mol. The summed E-state index contributed by atoms with van der Waals surface area (Å²) in [6.07, 6.45) is 2.96. The van der Waals surface area contributed by atoms with Crippen LogP contribution in [0.3, 0.4) is 0 Å². The van der Waals surface area contributed by atoms with E-state index in [-0.39, 0.29) is 12.6 Å². The summed E-state index contributed by atoms with van der Waals surface area (Å²) < 4.78 is 33.1. The van der Waals surface area contributed by atoms with Crippen molar-refractivity contribution in [3.8, 4) is 11.3 Å². The van der Waals surface area contributed by atoms with E-state index in [0.29, 0.717) is 17.5 Å². The Morgan fingerprint density at radius 2 is 2.12 bits per heavy atom. The normalized spacial score (nSPS) is 21.1. The molecular formula is C17H15ClF2N4O. The van der Waals surface area contributed by atoms with E-state index in [1.54, 1.807) is 12.3 Å². The standard InChI is InChI=1S/C17H15ClF2N4O/c18-15-6-11(13-8-25-9-14(22-13)17(19)20)5-12(23-15)10-1-3-24-4-2-21-16(24)7-10/h1-7,13-14,17,22H,8-9H2/t13-,14-/m0/s1. The topological polar surface area (TPSA) is 51.5 Å². The van der Waals surface area contributed by atoms with Crippen LogP contribution in [-0.2, 0) is 4.74 Å². The fourth-order valence-electron chi connectivity index (χ4n) is 2.94. The molecule has 0 spiro atoms. The van der Waals surface area contributed by atoms with Crippen molar-refractivity contribution in [2.45, 2.75) is 18.5 Å². The summed E-state index contributed by atoms with van der Waals surface area (Å²) in [5.74, 6) is 0. The van der Waals surface area contributed by atoms with Gasteiger partial charge in [-0.15, -0.1) is 0 Å². The number of aromatic nitrogens is 3. The lowest BCUT2D eigenvalue weighted by atomic mass is 10.0. The first-order valence-electron chi connectivity index (χ1n) is 7.83. The second-order valence-electron chi connectivity index (χ2n) is 5.91. The molecule has 5 nitrogen and oxygen atoms in total. The molecule has 1 aliphatic heterocycles. The number of fused-ring (bicyclic) bond motifs is 1. The van der Waals surface area contributed by atoms with E-state index in [2.05, 4.69) is 15.3 Å². The fraction of sp³-hybridized carbons (Fsp3) is 0.294. The number of halogens is 3. The van der Waals surface area contributed by atoms with E-state index in [4.69, 9.17) is 16.3 Å². The molecule has 4 rings (SSSR count). The summed E-state index contributed by atoms with van der Waals surface area (Å²) in [7, 11) is 0. The van der Waals surface area contributed by atoms with Gasteiger partial charge in [-0.1, -0.05) is 11.6 Å². The summed E-state index contributed by atoms with van der Waals surface area (Å²) in [6, 6.07) is 5.97. The van der Waals surface area contributed by atoms with Crippen LogP contribution in [0.15, 0.2) is 42.9 Å². The molecule has 1 aliphatic rings. The number of imidazole rings is 1. The molecule has 0 amide bonds. The van der Waals surface area contributed by atoms with E-state index >= 15 is 0 Å². The molecule has 25 heavy (non-hydrogen) atoms. The number of nitrogens with one attached hydrogen (secondary N) is 1. The van der Waals surface area contributed by atoms with Gasteiger partial charge in [0.05, 0.1) is 31.0 Å². The number of rotatable bonds is 3. The number of nitrogens with zero attached hydrogens (tertiary/aromatic N) is 3. The molecular weight excluding hydrogens is 350 g/mol. The third-order valence-electron chi connectivity index (χ3n) is 4.21. The van der Waals surface area contributed by atoms with Crippen LogP contribution in [0.25, 0.3) is 16.9 Å². The second-order valence-corrected chi connectivity index (χ2v) is 6.30. The summed E-state index contributed by atoms with van der Waals surface area (Å²) in [4.78, 5) is 8.61. The van der Waals surface area contributed by atoms with Crippen LogP contribution < -0.4 is 5.32 Å². The van der Waals surface area contributed by atoms with Gasteiger partial charge in [-0.2, -0.15) is 0 Å². The summed E-state index contributed by atoms with van der Waals surface area (Å²) in [5, 5.41) is 3.23. The van der Waals surface area contributed by atoms with Crippen LogP contribution in [-0.4, -0.2) is 40.0 Å². The molecule has 1 N–H and O–H groups in total. The van der Waals surface area contributed by atoms with Crippen LogP contribution in [0.5, 0.6) is 0 Å². The van der Waals surface area contributed by atoms with E-state index in [0.717, 1.165) is 16.8 Å². The molecule has 3 aromatic rings. The van der Waals surface area contributed by atoms with Crippen molar-refractivity contribution < 1.29 is 13.5 Å². The number of ether oxygens (including phenoxy) is 1. The number of hydrogen-bond donors (Lipinski definition) is 1. The maximum Gasteiger partial charge on any atom is 0.255 e. The largest absolute Gasteiger partial charge is 0.378 e. The summed E-state index contributed by atoms with van der Waals surface area (Å²) in [5.41, 5.74) is 3.07. The van der Waals surface area contributed by atoms with Gasteiger partial charge in [-0.05, 0) is 29.8 Å². The molecule has 2 atom stereocenters. The minimum Gasteiger partial charge on any atom is -0.378 e. The molecule has 0 unspecified atom stereocenters. The maximum atomic E-state index is 13.0. The molecule has 0 aromatic carbocycles. The van der Waals surface area contributed by atoms with Gasteiger partial charge in [-0.3, -0.25) is 5.32 Å². The lowest BCUT2D eigenvalue weighted by molar-refractivity contribution is -0.0176. The third kappa shape index (κ3) is 3.35. The Hall–Kier alpha value is -2.09. The first kappa shape index (κ1) is 16.4. The SMILES string of the molecule is FC(F)[C@@H]1COC[C@@H](c2cc(Cl)nc(-c3ccn4ccnc4c3)c2)N1. The Kier molecular flexibility index (Phi) is 4.37. The number of alkyl halides is 2. The first-order chi connectivity index (χ1) is 12.1. The van der Waals surface area contributed by atoms with Crippen molar-refractivity contribution in [2.24, 2.45) is 0 Å². The van der Waals surface area contributed by atoms with E-state index in [1.165, 1.54) is 0 Å². The highest BCUT2D eigenvalue weighted by atomic mass is 35.5. The zero-order chi connectivity index (χ0) is 17.4. The average Bonchev–Trinajstić information content (AvgIpc) is 3.09. The molecule has 0 aliphatic carbocycles. The van der Waals surface area contributed by atoms with Crippen molar-refractivity contribution in [1.29, 1.82) is 0 Å². The van der Waals surface area contributed by atoms with Crippen LogP contribution in [0.2, 0.25) is 5.15 Å². The minimum atomic E-state index is -2.48. The van der Waals surface area contributed by atoms with E-state index in [9.17, 15) is 8.78 Å². The Labute approximate surface area is 147 Å². The number of morpholine rings is 1. The van der Waals surface area contributed by atoms with Gasteiger partial charge in [-0.25, -0.2) is 18.7 Å². The zero-order valence-electron chi connectivity index (χ0n) is 13.1. The van der Waals surface area contributed by atoms with Gasteiger partial charge >= 0.3 is 0 Å². The van der Waals surface area contributed by atoms with Crippen molar-refractivity contribution in [1.82, 2.24) is 19.7 Å². The zero-order valence-corrected chi connectivity index (χ0v) is 13.8. The van der Waals surface area contributed by atoms with Crippen LogP contribution in [0.1, 0.15) is 11.6 Å². The summed E-state index contributed by atoms with van der Waals surface area (Å²) in [6.45, 7) is 0.304. The highest BCUT2D eigenvalue weighted by Gasteiger charge is 2.29. The smallest absolute Gasteiger partial charge is 0.255 e. The van der Waals surface area contributed by atoms with Gasteiger partial charge in [0.25, 0.3) is 6.43 Å². The van der Waals surface area contributed by atoms with Gasteiger partial charge in [0.1, 0.15) is 10.8 Å². The predicted octanol–water partition coefficient (Wildman–Crippen LogP) is 3.34. The van der Waals surface area contributed by atoms with Crippen LogP contribution in [0.4, 0.5) is 8.78 Å². The highest BCUT2D eigenvalue weighted by molar-refractivity contribution is 6.29. The highest BCUT2D eigenvalue weighted by Crippen LogP contribution is 2.27. The predicted molar refractivity (Wildman–Crippen MR) is 89.9 cm³/mol. The second kappa shape index (κ2) is 6.67. The quantitative estimate of drug-likeness (QED) is 0.724. The van der Waals surface area contributed by atoms with Gasteiger partial charge in [0.2, 0.25) is 0 Å². The average molecular weight is 365 g/mol. The Morgan fingerprint density at radius 1 is 1.24 bits per heavy atom. The third-order valence-corrected chi connectivity index (χ3v) is 4.41. The van der Waals surface area contributed by atoms with Crippen LogP contribution in [0, 0.1) is 0 Å². The number of pyridine rings is 2. The fourth-order valence-corrected chi connectivity index (χ4v) is 3.16. The van der Waals surface area contributed by atoms with Crippen molar-refractivity contribution >= 4 is 17.2 Å². The molecule has 0 saturated carbocycles. The molecule has 130 valence electrons. The van der Waals surface area contributed by atoms with Gasteiger partial charge in [0, 0.05) is 24.2 Å². The molecule has 8 heteroatoms. The van der Waals surface area contributed by atoms with Crippen molar-refractivity contribution in [3.05, 3.63) is 53.6 Å². The summed E-state index contributed by atoms with van der Waals surface area (Å²) >= 11 is 6.17.